The van der Waals surface area contributed by atoms with Crippen molar-refractivity contribution in [1.29, 1.82) is 0 Å². The topological polar surface area (TPSA) is 12.9 Å². The molecule has 0 saturated heterocycles. The van der Waals surface area contributed by atoms with Crippen LogP contribution in [0.2, 0.25) is 0 Å². The van der Waals surface area contributed by atoms with Crippen molar-refractivity contribution in [1.82, 2.24) is 4.98 Å². The molecule has 0 spiro atoms. The van der Waals surface area contributed by atoms with Gasteiger partial charge in [-0.15, -0.1) is 0 Å². The molecule has 0 unspecified atom stereocenters. The summed E-state index contributed by atoms with van der Waals surface area (Å²) in [6, 6.07) is 12.3. The van der Waals surface area contributed by atoms with Crippen LogP contribution in [-0.2, 0) is 0 Å². The number of hydrogen-bond donors (Lipinski definition) is 0. The summed E-state index contributed by atoms with van der Waals surface area (Å²) in [4.78, 5) is 5.59. The minimum Gasteiger partial charge on any atom is -0.248 e. The van der Waals surface area contributed by atoms with Crippen molar-refractivity contribution >= 4 is 27.7 Å². The van der Waals surface area contributed by atoms with E-state index in [1.807, 2.05) is 24.4 Å². The molecule has 0 saturated carbocycles. The minimum atomic E-state index is 1.01. The number of pyridine rings is 1. The second-order valence-electron chi connectivity index (χ2n) is 3.18. The average molecular weight is 280 g/mol. The van der Waals surface area contributed by atoms with Crippen LogP contribution in [0, 0.1) is 6.92 Å². The summed E-state index contributed by atoms with van der Waals surface area (Å²) in [5, 5.41) is 1.02. The first-order valence-corrected chi connectivity index (χ1v) is 6.22. The molecule has 76 valence electrons. The molecule has 0 aliphatic rings. The van der Waals surface area contributed by atoms with Crippen LogP contribution >= 0.6 is 27.7 Å². The fourth-order valence-corrected chi connectivity index (χ4v) is 2.28. The van der Waals surface area contributed by atoms with Crippen LogP contribution in [0.1, 0.15) is 5.56 Å². The van der Waals surface area contributed by atoms with E-state index in [0.29, 0.717) is 0 Å². The molecule has 1 nitrogen and oxygen atoms in total. The maximum absolute atomic E-state index is 4.33. The molecule has 0 radical (unpaired) electrons. The summed E-state index contributed by atoms with van der Waals surface area (Å²) in [6.45, 7) is 2.11. The standard InChI is InChI=1S/C12H10BrNS/c1-9-4-2-3-5-11(9)15-12-7-6-10(13)8-14-12/h2-8H,1H3. The Morgan fingerprint density at radius 2 is 1.93 bits per heavy atom. The number of rotatable bonds is 2. The minimum absolute atomic E-state index is 1.01. The Morgan fingerprint density at radius 3 is 2.60 bits per heavy atom. The van der Waals surface area contributed by atoms with Crippen LogP contribution in [0.5, 0.6) is 0 Å². The number of hydrogen-bond acceptors (Lipinski definition) is 2. The molecule has 0 fully saturated rings. The monoisotopic (exact) mass is 279 g/mol. The van der Waals surface area contributed by atoms with Crippen LogP contribution in [0.25, 0.3) is 0 Å². The molecule has 15 heavy (non-hydrogen) atoms. The number of benzene rings is 1. The molecule has 1 heterocycles. The molecular formula is C12H10BrNS. The second-order valence-corrected chi connectivity index (χ2v) is 5.16. The summed E-state index contributed by atoms with van der Waals surface area (Å²) in [7, 11) is 0. The molecule has 0 bridgehead atoms. The Balaban J connectivity index is 2.22. The van der Waals surface area contributed by atoms with Gasteiger partial charge in [-0.1, -0.05) is 30.0 Å². The smallest absolute Gasteiger partial charge is 0.101 e. The van der Waals surface area contributed by atoms with Crippen LogP contribution in [0.15, 0.2) is 57.0 Å². The van der Waals surface area contributed by atoms with Crippen LogP contribution < -0.4 is 0 Å². The Bertz CT molecular complexity index is 453. The zero-order valence-corrected chi connectivity index (χ0v) is 10.7. The van der Waals surface area contributed by atoms with E-state index >= 15 is 0 Å². The summed E-state index contributed by atoms with van der Waals surface area (Å²) in [5.74, 6) is 0. The largest absolute Gasteiger partial charge is 0.248 e. The van der Waals surface area contributed by atoms with Gasteiger partial charge >= 0.3 is 0 Å². The van der Waals surface area contributed by atoms with E-state index in [1.54, 1.807) is 11.8 Å². The summed E-state index contributed by atoms with van der Waals surface area (Å²) in [5.41, 5.74) is 1.28. The van der Waals surface area contributed by atoms with Crippen molar-refractivity contribution in [2.24, 2.45) is 0 Å². The van der Waals surface area contributed by atoms with Crippen LogP contribution in [0.3, 0.4) is 0 Å². The summed E-state index contributed by atoms with van der Waals surface area (Å²) in [6.07, 6.45) is 1.82. The maximum Gasteiger partial charge on any atom is 0.101 e. The number of aromatic nitrogens is 1. The van der Waals surface area contributed by atoms with E-state index in [1.165, 1.54) is 10.5 Å². The number of halogens is 1. The fourth-order valence-electron chi connectivity index (χ4n) is 1.21. The highest BCUT2D eigenvalue weighted by molar-refractivity contribution is 9.10. The van der Waals surface area contributed by atoms with Gasteiger partial charge in [0, 0.05) is 15.6 Å². The normalized spacial score (nSPS) is 10.3. The average Bonchev–Trinajstić information content (AvgIpc) is 2.25. The molecule has 0 amide bonds. The van der Waals surface area contributed by atoms with E-state index in [0.717, 1.165) is 9.50 Å². The Kier molecular flexibility index (Phi) is 3.44. The van der Waals surface area contributed by atoms with Gasteiger partial charge in [0.25, 0.3) is 0 Å². The van der Waals surface area contributed by atoms with Crippen molar-refractivity contribution in [2.45, 2.75) is 16.8 Å². The Morgan fingerprint density at radius 1 is 1.13 bits per heavy atom. The molecule has 0 aliphatic heterocycles. The van der Waals surface area contributed by atoms with E-state index in [2.05, 4.69) is 46.0 Å². The van der Waals surface area contributed by atoms with Gasteiger partial charge in [-0.3, -0.25) is 0 Å². The maximum atomic E-state index is 4.33. The highest BCUT2D eigenvalue weighted by Gasteiger charge is 2.00. The Labute approximate surface area is 102 Å². The second kappa shape index (κ2) is 4.81. The van der Waals surface area contributed by atoms with Crippen molar-refractivity contribution < 1.29 is 0 Å². The highest BCUT2D eigenvalue weighted by Crippen LogP contribution is 2.28. The number of aryl methyl sites for hydroxylation is 1. The van der Waals surface area contributed by atoms with Gasteiger partial charge < -0.3 is 0 Å². The van der Waals surface area contributed by atoms with Gasteiger partial charge in [0.05, 0.1) is 0 Å². The van der Waals surface area contributed by atoms with Crippen LogP contribution in [0.4, 0.5) is 0 Å². The first-order valence-electron chi connectivity index (χ1n) is 4.61. The molecule has 2 rings (SSSR count). The lowest BCUT2D eigenvalue weighted by molar-refractivity contribution is 1.12. The molecule has 1 aromatic carbocycles. The molecule has 1 aromatic heterocycles. The van der Waals surface area contributed by atoms with Gasteiger partial charge in [-0.05, 0) is 46.6 Å². The van der Waals surface area contributed by atoms with Gasteiger partial charge in [-0.25, -0.2) is 4.98 Å². The zero-order chi connectivity index (χ0) is 10.7. The van der Waals surface area contributed by atoms with Gasteiger partial charge in [0.1, 0.15) is 5.03 Å². The third-order valence-electron chi connectivity index (χ3n) is 2.01. The van der Waals surface area contributed by atoms with E-state index in [4.69, 9.17) is 0 Å². The van der Waals surface area contributed by atoms with E-state index < -0.39 is 0 Å². The number of nitrogens with zero attached hydrogens (tertiary/aromatic N) is 1. The van der Waals surface area contributed by atoms with E-state index in [9.17, 15) is 0 Å². The summed E-state index contributed by atoms with van der Waals surface area (Å²) >= 11 is 5.06. The van der Waals surface area contributed by atoms with Crippen molar-refractivity contribution in [3.63, 3.8) is 0 Å². The summed E-state index contributed by atoms with van der Waals surface area (Å²) < 4.78 is 1.01. The highest BCUT2D eigenvalue weighted by atomic mass is 79.9. The SMILES string of the molecule is Cc1ccccc1Sc1ccc(Br)cn1. The quantitative estimate of drug-likeness (QED) is 0.813. The van der Waals surface area contributed by atoms with Crippen LogP contribution in [-0.4, -0.2) is 4.98 Å². The zero-order valence-electron chi connectivity index (χ0n) is 8.27. The van der Waals surface area contributed by atoms with E-state index in [-0.39, 0.29) is 0 Å². The first kappa shape index (κ1) is 10.7. The van der Waals surface area contributed by atoms with Gasteiger partial charge in [-0.2, -0.15) is 0 Å². The Hall–Kier alpha value is -0.800. The van der Waals surface area contributed by atoms with Crippen molar-refractivity contribution in [3.05, 3.63) is 52.6 Å². The molecule has 2 aromatic rings. The lowest BCUT2D eigenvalue weighted by atomic mass is 10.2. The third kappa shape index (κ3) is 2.83. The first-order chi connectivity index (χ1) is 7.25. The molecule has 3 heteroatoms. The lowest BCUT2D eigenvalue weighted by Crippen LogP contribution is -1.81. The van der Waals surface area contributed by atoms with Crippen molar-refractivity contribution in [2.75, 3.05) is 0 Å². The molecule has 0 N–H and O–H groups in total. The fraction of sp³-hybridized carbons (Fsp3) is 0.0833. The molecule has 0 atom stereocenters. The molecular weight excluding hydrogens is 270 g/mol. The third-order valence-corrected chi connectivity index (χ3v) is 3.61. The van der Waals surface area contributed by atoms with Gasteiger partial charge in [0.2, 0.25) is 0 Å². The lowest BCUT2D eigenvalue weighted by Gasteiger charge is -2.03. The predicted molar refractivity (Wildman–Crippen MR) is 67.2 cm³/mol. The predicted octanol–water partition coefficient (Wildman–Crippen LogP) is 4.30. The molecule has 0 aliphatic carbocycles. The van der Waals surface area contributed by atoms with Gasteiger partial charge in [0.15, 0.2) is 0 Å². The van der Waals surface area contributed by atoms with Crippen molar-refractivity contribution in [3.8, 4) is 0 Å².